The molecule has 0 radical (unpaired) electrons. The summed E-state index contributed by atoms with van der Waals surface area (Å²) in [6.07, 6.45) is 4.91. The molecule has 5 aromatic rings. The van der Waals surface area contributed by atoms with E-state index in [0.717, 1.165) is 43.2 Å². The van der Waals surface area contributed by atoms with Crippen LogP contribution in [0.3, 0.4) is 0 Å². The van der Waals surface area contributed by atoms with E-state index in [1.165, 1.54) is 48.7 Å². The molecular weight excluding hydrogens is 558 g/mol. The number of piperidine rings is 1. The third-order valence-electron chi connectivity index (χ3n) is 7.19. The van der Waals surface area contributed by atoms with Crippen LogP contribution in [-0.2, 0) is 0 Å². The fraction of sp³-hybridized carbons (Fsp3) is 0.233. The van der Waals surface area contributed by atoms with Crippen molar-refractivity contribution in [2.75, 3.05) is 29.9 Å². The van der Waals surface area contributed by atoms with Gasteiger partial charge in [-0.25, -0.2) is 13.8 Å². The molecule has 1 atom stereocenters. The number of halogens is 2. The van der Waals surface area contributed by atoms with Gasteiger partial charge in [-0.1, -0.05) is 6.92 Å². The molecule has 1 amide bonds. The molecular formula is C30H28F2N8O3. The monoisotopic (exact) mass is 586 g/mol. The summed E-state index contributed by atoms with van der Waals surface area (Å²) < 4.78 is 35.5. The lowest BCUT2D eigenvalue weighted by Gasteiger charge is -2.33. The van der Waals surface area contributed by atoms with E-state index >= 15 is 4.39 Å². The average Bonchev–Trinajstić information content (AvgIpc) is 3.45. The quantitative estimate of drug-likeness (QED) is 0.244. The van der Waals surface area contributed by atoms with E-state index in [4.69, 9.17) is 4.74 Å². The number of ether oxygens (including phenoxy) is 1. The van der Waals surface area contributed by atoms with Crippen molar-refractivity contribution in [2.24, 2.45) is 0 Å². The number of amides is 1. The van der Waals surface area contributed by atoms with Crippen molar-refractivity contribution < 1.29 is 18.3 Å². The second kappa shape index (κ2) is 12.0. The number of pyridine rings is 1. The van der Waals surface area contributed by atoms with Gasteiger partial charge in [0.05, 0.1) is 5.69 Å². The predicted molar refractivity (Wildman–Crippen MR) is 157 cm³/mol. The lowest BCUT2D eigenvalue weighted by molar-refractivity contribution is 0.102. The standard InChI is InChI=1S/C30H28F2N8O3/c1-2-33-20-4-3-15-39(17-20)28-26-25(12-13-34-27(26)37-38-28)43-24-10-7-19(16-23(24)32)36-29(41)22-11-14-35-40(30(22)42)21-8-5-18(31)6-9-21/h5-14,16,20,33H,2-4,15,17H2,1H3,(H,36,41)(H,34,37,38). The van der Waals surface area contributed by atoms with Crippen molar-refractivity contribution >= 4 is 28.4 Å². The fourth-order valence-electron chi connectivity index (χ4n) is 5.18. The minimum absolute atomic E-state index is 0.0654. The van der Waals surface area contributed by atoms with Crippen LogP contribution in [0.1, 0.15) is 30.1 Å². The molecule has 3 N–H and O–H groups in total. The van der Waals surface area contributed by atoms with Crippen LogP contribution in [0.25, 0.3) is 16.7 Å². The van der Waals surface area contributed by atoms with Crippen molar-refractivity contribution in [2.45, 2.75) is 25.8 Å². The largest absolute Gasteiger partial charge is 0.453 e. The molecule has 1 unspecified atom stereocenters. The zero-order valence-electron chi connectivity index (χ0n) is 23.2. The maximum absolute atomic E-state index is 15.3. The first kappa shape index (κ1) is 28.0. The Morgan fingerprint density at radius 1 is 1.09 bits per heavy atom. The van der Waals surface area contributed by atoms with Crippen molar-refractivity contribution in [3.63, 3.8) is 0 Å². The number of carbonyl (C=O) groups is 1. The maximum Gasteiger partial charge on any atom is 0.284 e. The molecule has 1 saturated heterocycles. The van der Waals surface area contributed by atoms with Crippen LogP contribution in [0, 0.1) is 11.6 Å². The molecule has 0 saturated carbocycles. The third kappa shape index (κ3) is 5.79. The highest BCUT2D eigenvalue weighted by Crippen LogP contribution is 2.36. The van der Waals surface area contributed by atoms with Crippen molar-refractivity contribution in [1.82, 2.24) is 30.3 Å². The lowest BCUT2D eigenvalue weighted by atomic mass is 10.1. The highest BCUT2D eigenvalue weighted by Gasteiger charge is 2.25. The first-order valence-corrected chi connectivity index (χ1v) is 13.9. The van der Waals surface area contributed by atoms with Gasteiger partial charge < -0.3 is 20.3 Å². The number of aromatic amines is 1. The first-order chi connectivity index (χ1) is 20.9. The number of benzene rings is 2. The molecule has 13 heteroatoms. The lowest BCUT2D eigenvalue weighted by Crippen LogP contribution is -2.45. The topological polar surface area (TPSA) is 130 Å². The molecule has 6 rings (SSSR count). The normalized spacial score (nSPS) is 15.0. The van der Waals surface area contributed by atoms with E-state index in [1.54, 1.807) is 12.3 Å². The molecule has 220 valence electrons. The van der Waals surface area contributed by atoms with Gasteiger partial charge >= 0.3 is 0 Å². The number of rotatable bonds is 8. The summed E-state index contributed by atoms with van der Waals surface area (Å²) in [5.41, 5.74) is -0.00893. The molecule has 4 heterocycles. The van der Waals surface area contributed by atoms with Crippen LogP contribution in [0.15, 0.2) is 71.8 Å². The molecule has 1 fully saturated rings. The molecule has 11 nitrogen and oxygen atoms in total. The van der Waals surface area contributed by atoms with Gasteiger partial charge in [0.25, 0.3) is 11.5 Å². The van der Waals surface area contributed by atoms with E-state index in [0.29, 0.717) is 28.6 Å². The number of aromatic nitrogens is 5. The van der Waals surface area contributed by atoms with Crippen LogP contribution < -0.4 is 25.8 Å². The zero-order chi connectivity index (χ0) is 29.9. The average molecular weight is 587 g/mol. The van der Waals surface area contributed by atoms with E-state index < -0.39 is 23.1 Å². The van der Waals surface area contributed by atoms with Crippen molar-refractivity contribution in [3.8, 4) is 17.2 Å². The Kier molecular flexibility index (Phi) is 7.79. The van der Waals surface area contributed by atoms with Crippen LogP contribution >= 0.6 is 0 Å². The van der Waals surface area contributed by atoms with Gasteiger partial charge in [-0.05, 0) is 61.9 Å². The summed E-state index contributed by atoms with van der Waals surface area (Å²) in [7, 11) is 0. The highest BCUT2D eigenvalue weighted by atomic mass is 19.1. The van der Waals surface area contributed by atoms with Gasteiger partial charge in [-0.2, -0.15) is 14.9 Å². The van der Waals surface area contributed by atoms with Gasteiger partial charge in [0.1, 0.15) is 22.5 Å². The number of hydrogen-bond donors (Lipinski definition) is 3. The van der Waals surface area contributed by atoms with E-state index in [-0.39, 0.29) is 22.7 Å². The minimum Gasteiger partial charge on any atom is -0.453 e. The molecule has 1 aliphatic heterocycles. The smallest absolute Gasteiger partial charge is 0.284 e. The van der Waals surface area contributed by atoms with Crippen LogP contribution in [-0.4, -0.2) is 56.5 Å². The summed E-state index contributed by atoms with van der Waals surface area (Å²) in [6.45, 7) is 4.56. The number of H-pyrrole nitrogens is 1. The minimum atomic E-state index is -0.757. The van der Waals surface area contributed by atoms with Crippen molar-refractivity contribution in [1.29, 1.82) is 0 Å². The van der Waals surface area contributed by atoms with Gasteiger partial charge in [0, 0.05) is 49.3 Å². The number of fused-ring (bicyclic) bond motifs is 1. The Hall–Kier alpha value is -5.17. The van der Waals surface area contributed by atoms with Crippen molar-refractivity contribution in [3.05, 3.63) is 94.5 Å². The third-order valence-corrected chi connectivity index (χ3v) is 7.19. The van der Waals surface area contributed by atoms with E-state index in [2.05, 4.69) is 42.7 Å². The van der Waals surface area contributed by atoms with Gasteiger partial charge in [0.15, 0.2) is 23.0 Å². The summed E-state index contributed by atoms with van der Waals surface area (Å²) in [4.78, 5) is 32.4. The summed E-state index contributed by atoms with van der Waals surface area (Å²) in [6, 6.07) is 12.3. The molecule has 43 heavy (non-hydrogen) atoms. The second-order valence-corrected chi connectivity index (χ2v) is 10.1. The van der Waals surface area contributed by atoms with Gasteiger partial charge in [-0.15, -0.1) is 0 Å². The first-order valence-electron chi connectivity index (χ1n) is 13.9. The Bertz CT molecular complexity index is 1840. The van der Waals surface area contributed by atoms with Gasteiger partial charge in [-0.3, -0.25) is 14.7 Å². The van der Waals surface area contributed by atoms with E-state index in [1.807, 2.05) is 0 Å². The molecule has 2 aromatic carbocycles. The zero-order valence-corrected chi connectivity index (χ0v) is 23.2. The van der Waals surface area contributed by atoms with Crippen LogP contribution in [0.2, 0.25) is 0 Å². The number of nitrogens with one attached hydrogen (secondary N) is 3. The SMILES string of the molecule is CCNC1CCCN(c2n[nH]c3nccc(Oc4ccc(NC(=O)c5ccnn(-c6ccc(F)cc6)c5=O)cc4F)c23)C1. The Labute approximate surface area is 244 Å². The number of likely N-dealkylation sites (N-methyl/N-ethyl adjacent to an activating group) is 1. The molecule has 3 aromatic heterocycles. The number of carbonyl (C=O) groups excluding carboxylic acids is 1. The molecule has 0 aliphatic carbocycles. The Balaban J connectivity index is 1.21. The van der Waals surface area contributed by atoms with Crippen LogP contribution in [0.5, 0.6) is 11.5 Å². The van der Waals surface area contributed by atoms with Gasteiger partial charge in [0.2, 0.25) is 0 Å². The summed E-state index contributed by atoms with van der Waals surface area (Å²) in [5, 5.41) is 18.1. The summed E-state index contributed by atoms with van der Waals surface area (Å²) in [5.74, 6) is -0.950. The Morgan fingerprint density at radius 3 is 2.72 bits per heavy atom. The number of hydrogen-bond acceptors (Lipinski definition) is 8. The number of anilines is 2. The fourth-order valence-corrected chi connectivity index (χ4v) is 5.18. The molecule has 0 bridgehead atoms. The maximum atomic E-state index is 15.3. The summed E-state index contributed by atoms with van der Waals surface area (Å²) >= 11 is 0. The number of nitrogens with zero attached hydrogens (tertiary/aromatic N) is 5. The second-order valence-electron chi connectivity index (χ2n) is 10.1. The predicted octanol–water partition coefficient (Wildman–Crippen LogP) is 4.40. The van der Waals surface area contributed by atoms with Crippen LogP contribution in [0.4, 0.5) is 20.3 Å². The molecule has 0 spiro atoms. The molecule has 1 aliphatic rings. The highest BCUT2D eigenvalue weighted by molar-refractivity contribution is 6.04. The van der Waals surface area contributed by atoms with E-state index in [9.17, 15) is 14.0 Å². The Morgan fingerprint density at radius 2 is 1.93 bits per heavy atom.